The Morgan fingerprint density at radius 2 is 1.20 bits per heavy atom. The fraction of sp³-hybridized carbons (Fsp3) is 0.700. The highest BCUT2D eigenvalue weighted by Gasteiger charge is 2.38. The van der Waals surface area contributed by atoms with Crippen molar-refractivity contribution < 1.29 is 12.3 Å². The number of benzene rings is 1. The highest BCUT2D eigenvalue weighted by molar-refractivity contribution is 7.87. The first-order chi connectivity index (χ1) is 11.8. The molecule has 0 saturated heterocycles. The number of aryl methyl sites for hydroxylation is 2. The minimum absolute atomic E-state index is 0.325. The van der Waals surface area contributed by atoms with E-state index < -0.39 is 18.4 Å². The van der Waals surface area contributed by atoms with Crippen LogP contribution in [-0.4, -0.2) is 16.7 Å². The van der Waals surface area contributed by atoms with Crippen molar-refractivity contribution in [3.8, 4) is 0 Å². The average molecular weight is 385 g/mol. The molecule has 25 heavy (non-hydrogen) atoms. The van der Waals surface area contributed by atoms with Crippen molar-refractivity contribution in [3.63, 3.8) is 0 Å². The van der Waals surface area contributed by atoms with E-state index in [1.165, 1.54) is 0 Å². The Hall–Kier alpha value is -0.653. The summed E-state index contributed by atoms with van der Waals surface area (Å²) in [6.07, 6.45) is 6.42. The lowest BCUT2D eigenvalue weighted by molar-refractivity contribution is 0.465. The quantitative estimate of drug-likeness (QED) is 0.394. The third kappa shape index (κ3) is 7.23. The van der Waals surface area contributed by atoms with Gasteiger partial charge in [0.15, 0.2) is 0 Å². The summed E-state index contributed by atoms with van der Waals surface area (Å²) in [6, 6.07) is 8.32. The molecule has 0 spiro atoms. The molecule has 3 nitrogen and oxygen atoms in total. The Balaban J connectivity index is 3.18. The van der Waals surface area contributed by atoms with E-state index in [4.69, 9.17) is 3.87 Å². The molecule has 0 atom stereocenters. The van der Waals surface area contributed by atoms with Gasteiger partial charge in [0, 0.05) is 0 Å². The Bertz CT molecular complexity index is 584. The van der Waals surface area contributed by atoms with E-state index in [0.29, 0.717) is 4.90 Å². The summed E-state index contributed by atoms with van der Waals surface area (Å²) in [7, 11) is -5.99. The van der Waals surface area contributed by atoms with Gasteiger partial charge in [0.2, 0.25) is 8.32 Å². The molecule has 0 N–H and O–H groups in total. The summed E-state index contributed by atoms with van der Waals surface area (Å²) >= 11 is 0. The van der Waals surface area contributed by atoms with Crippen molar-refractivity contribution in [1.29, 1.82) is 0 Å². The monoisotopic (exact) mass is 384 g/mol. The molecule has 0 bridgehead atoms. The van der Waals surface area contributed by atoms with Gasteiger partial charge in [0.25, 0.3) is 10.1 Å². The maximum absolute atomic E-state index is 13.1. The molecule has 0 amide bonds. The van der Waals surface area contributed by atoms with Crippen LogP contribution in [0.3, 0.4) is 0 Å². The Morgan fingerprint density at radius 1 is 0.800 bits per heavy atom. The van der Waals surface area contributed by atoms with E-state index in [1.807, 2.05) is 19.9 Å². The van der Waals surface area contributed by atoms with Gasteiger partial charge in [0.1, 0.15) is 0 Å². The third-order valence-electron chi connectivity index (χ3n) is 4.73. The molecule has 144 valence electrons. The zero-order valence-electron chi connectivity index (χ0n) is 16.7. The van der Waals surface area contributed by atoms with Crippen molar-refractivity contribution in [2.24, 2.45) is 0 Å². The zero-order valence-corrected chi connectivity index (χ0v) is 18.5. The van der Waals surface area contributed by atoms with Crippen molar-refractivity contribution in [2.45, 2.75) is 96.2 Å². The van der Waals surface area contributed by atoms with Crippen LogP contribution >= 0.6 is 0 Å². The SMILES string of the molecule is CCCC[Si](CCCC)(CCCC)OS(=O)(=O)c1cc(C)cc(C)c1. The third-order valence-corrected chi connectivity index (χ3v) is 11.6. The number of unbranched alkanes of at least 4 members (excludes halogenated alkanes) is 3. The lowest BCUT2D eigenvalue weighted by Crippen LogP contribution is -2.40. The van der Waals surface area contributed by atoms with Crippen LogP contribution in [0.25, 0.3) is 0 Å². The first-order valence-corrected chi connectivity index (χ1v) is 13.8. The molecular weight excluding hydrogens is 348 g/mol. The van der Waals surface area contributed by atoms with Crippen molar-refractivity contribution in [1.82, 2.24) is 0 Å². The summed E-state index contributed by atoms with van der Waals surface area (Å²) in [5, 5.41) is 0. The van der Waals surface area contributed by atoms with Gasteiger partial charge in [-0.2, -0.15) is 8.42 Å². The molecule has 0 unspecified atom stereocenters. The van der Waals surface area contributed by atoms with Crippen molar-refractivity contribution in [2.75, 3.05) is 0 Å². The fourth-order valence-electron chi connectivity index (χ4n) is 3.35. The number of rotatable bonds is 12. The van der Waals surface area contributed by atoms with Crippen LogP contribution in [0.4, 0.5) is 0 Å². The second kappa shape index (κ2) is 10.5. The van der Waals surface area contributed by atoms with Gasteiger partial charge >= 0.3 is 0 Å². The van der Waals surface area contributed by atoms with Crippen LogP contribution in [0.15, 0.2) is 23.1 Å². The molecule has 0 saturated carbocycles. The maximum Gasteiger partial charge on any atom is 0.287 e. The lowest BCUT2D eigenvalue weighted by atomic mass is 10.2. The number of hydrogen-bond donors (Lipinski definition) is 0. The smallest absolute Gasteiger partial charge is 0.287 e. The molecule has 1 aromatic carbocycles. The maximum atomic E-state index is 13.1. The second-order valence-electron chi connectivity index (χ2n) is 7.35. The normalized spacial score (nSPS) is 12.5. The van der Waals surface area contributed by atoms with Gasteiger partial charge < -0.3 is 3.87 Å². The molecule has 1 aromatic rings. The summed E-state index contributed by atoms with van der Waals surface area (Å²) in [6.45, 7) is 10.4. The van der Waals surface area contributed by atoms with Gasteiger partial charge in [0.05, 0.1) is 4.90 Å². The van der Waals surface area contributed by atoms with Crippen LogP contribution < -0.4 is 0 Å². The molecule has 0 aliphatic rings. The van der Waals surface area contributed by atoms with Crippen LogP contribution in [0.1, 0.15) is 70.4 Å². The average Bonchev–Trinajstić information content (AvgIpc) is 2.55. The largest absolute Gasteiger partial charge is 0.311 e. The Kier molecular flexibility index (Phi) is 9.39. The van der Waals surface area contributed by atoms with Crippen molar-refractivity contribution in [3.05, 3.63) is 29.3 Å². The summed E-state index contributed by atoms with van der Waals surface area (Å²) < 4.78 is 32.2. The van der Waals surface area contributed by atoms with Gasteiger partial charge in [-0.3, -0.25) is 0 Å². The van der Waals surface area contributed by atoms with Crippen LogP contribution in [0.2, 0.25) is 18.1 Å². The molecule has 0 aliphatic heterocycles. The molecule has 0 aliphatic carbocycles. The van der Waals surface area contributed by atoms with E-state index in [9.17, 15) is 8.42 Å². The molecular formula is C20H36O3SSi. The predicted molar refractivity (Wildman–Crippen MR) is 109 cm³/mol. The molecule has 0 heterocycles. The van der Waals surface area contributed by atoms with Crippen LogP contribution in [0.5, 0.6) is 0 Å². The van der Waals surface area contributed by atoms with E-state index in [2.05, 4.69) is 20.8 Å². The van der Waals surface area contributed by atoms with E-state index in [0.717, 1.165) is 67.8 Å². The van der Waals surface area contributed by atoms with E-state index in [-0.39, 0.29) is 0 Å². The summed E-state index contributed by atoms with van der Waals surface area (Å²) in [5.74, 6) is 0. The first kappa shape index (κ1) is 22.4. The van der Waals surface area contributed by atoms with Gasteiger partial charge in [-0.15, -0.1) is 0 Å². The second-order valence-corrected chi connectivity index (χ2v) is 13.3. The fourth-order valence-corrected chi connectivity index (χ4v) is 11.0. The topological polar surface area (TPSA) is 43.4 Å². The predicted octanol–water partition coefficient (Wildman–Crippen LogP) is 6.35. The Morgan fingerprint density at radius 3 is 1.56 bits per heavy atom. The molecule has 0 fully saturated rings. The minimum Gasteiger partial charge on any atom is -0.311 e. The first-order valence-electron chi connectivity index (χ1n) is 9.82. The highest BCUT2D eigenvalue weighted by Crippen LogP contribution is 2.33. The molecule has 0 radical (unpaired) electrons. The Labute approximate surface area is 156 Å². The standard InChI is InChI=1S/C20H36O3SSi/c1-6-9-12-25(13-10-7-2,14-11-8-3)23-24(21,22)20-16-18(4)15-19(5)17-20/h15-17H,6-14H2,1-5H3. The van der Waals surface area contributed by atoms with E-state index >= 15 is 0 Å². The molecule has 1 rings (SSSR count). The summed E-state index contributed by atoms with van der Waals surface area (Å²) in [5.41, 5.74) is 1.93. The van der Waals surface area contributed by atoms with Gasteiger partial charge in [-0.05, 0) is 55.2 Å². The molecule has 5 heteroatoms. The van der Waals surface area contributed by atoms with Crippen LogP contribution in [0, 0.1) is 13.8 Å². The molecule has 0 aromatic heterocycles. The van der Waals surface area contributed by atoms with Gasteiger partial charge in [-0.25, -0.2) is 0 Å². The van der Waals surface area contributed by atoms with Crippen molar-refractivity contribution >= 4 is 18.4 Å². The zero-order chi connectivity index (χ0) is 18.9. The van der Waals surface area contributed by atoms with Gasteiger partial charge in [-0.1, -0.05) is 65.4 Å². The van der Waals surface area contributed by atoms with E-state index in [1.54, 1.807) is 12.1 Å². The summed E-state index contributed by atoms with van der Waals surface area (Å²) in [4.78, 5) is 0.325. The highest BCUT2D eigenvalue weighted by atomic mass is 32.2. The number of hydrogen-bond acceptors (Lipinski definition) is 3. The lowest BCUT2D eigenvalue weighted by Gasteiger charge is -2.31. The minimum atomic E-state index is -3.69. The van der Waals surface area contributed by atoms with Crippen LogP contribution in [-0.2, 0) is 14.0 Å².